The second kappa shape index (κ2) is 13.1. The van der Waals surface area contributed by atoms with Gasteiger partial charge in [-0.1, -0.05) is 29.3 Å². The van der Waals surface area contributed by atoms with E-state index in [-0.39, 0.29) is 35.8 Å². The summed E-state index contributed by atoms with van der Waals surface area (Å²) in [7, 11) is 1.41. The molecule has 3 N–H and O–H groups in total. The van der Waals surface area contributed by atoms with Gasteiger partial charge in [-0.3, -0.25) is 14.4 Å². The Kier molecular flexibility index (Phi) is 9.92. The number of aryl methyl sites for hydroxylation is 1. The molecule has 1 aliphatic heterocycles. The number of carbonyl (C=O) groups is 3. The van der Waals surface area contributed by atoms with Gasteiger partial charge >= 0.3 is 11.8 Å². The van der Waals surface area contributed by atoms with Crippen LogP contribution in [0, 0.1) is 6.92 Å². The molecular weight excluding hydrogens is 511 g/mol. The van der Waals surface area contributed by atoms with Crippen LogP contribution in [0.5, 0.6) is 11.5 Å². The molecule has 1 atom stereocenters. The number of nitrogens with zero attached hydrogens (tertiary/aromatic N) is 1. The van der Waals surface area contributed by atoms with Crippen molar-refractivity contribution in [2.75, 3.05) is 32.2 Å². The molecule has 0 spiro atoms. The number of methoxy groups -OCH3 is 1. The van der Waals surface area contributed by atoms with Crippen molar-refractivity contribution in [3.05, 3.63) is 51.5 Å². The van der Waals surface area contributed by atoms with Crippen molar-refractivity contribution in [3.8, 4) is 11.5 Å². The molecule has 0 bridgehead atoms. The van der Waals surface area contributed by atoms with Crippen molar-refractivity contribution in [2.45, 2.75) is 25.9 Å². The van der Waals surface area contributed by atoms with Crippen LogP contribution in [-0.4, -0.2) is 56.9 Å². The summed E-state index contributed by atoms with van der Waals surface area (Å²) in [5, 5.41) is 9.66. The lowest BCUT2D eigenvalue weighted by molar-refractivity contribution is -0.139. The normalized spacial score (nSPS) is 14.9. The fourth-order valence-corrected chi connectivity index (χ4v) is 3.76. The van der Waals surface area contributed by atoms with E-state index in [0.29, 0.717) is 22.9 Å². The van der Waals surface area contributed by atoms with Crippen molar-refractivity contribution in [2.24, 2.45) is 5.10 Å². The third-order valence-corrected chi connectivity index (χ3v) is 5.69. The molecule has 192 valence electrons. The summed E-state index contributed by atoms with van der Waals surface area (Å²) in [5.41, 5.74) is 4.03. The first-order chi connectivity index (χ1) is 17.3. The van der Waals surface area contributed by atoms with Crippen molar-refractivity contribution < 1.29 is 28.6 Å². The number of rotatable bonds is 9. The van der Waals surface area contributed by atoms with Crippen molar-refractivity contribution in [1.29, 1.82) is 0 Å². The molecule has 12 heteroatoms. The molecule has 0 unspecified atom stereocenters. The Bertz CT molecular complexity index is 1150. The molecule has 0 saturated carbocycles. The summed E-state index contributed by atoms with van der Waals surface area (Å²) in [6, 6.07) is 8.21. The topological polar surface area (TPSA) is 127 Å². The number of hydrogen-bond acceptors (Lipinski definition) is 7. The van der Waals surface area contributed by atoms with E-state index in [1.165, 1.54) is 19.4 Å². The second-order valence-electron chi connectivity index (χ2n) is 7.87. The average molecular weight is 537 g/mol. The van der Waals surface area contributed by atoms with Crippen LogP contribution in [0.1, 0.15) is 24.0 Å². The summed E-state index contributed by atoms with van der Waals surface area (Å²) in [6.07, 6.45) is 2.99. The number of hydrazone groups is 1. The number of carbonyl (C=O) groups excluding carboxylic acids is 3. The van der Waals surface area contributed by atoms with E-state index in [9.17, 15) is 14.4 Å². The number of anilines is 1. The lowest BCUT2D eigenvalue weighted by Gasteiger charge is -2.14. The van der Waals surface area contributed by atoms with Gasteiger partial charge in [0.15, 0.2) is 18.1 Å². The van der Waals surface area contributed by atoms with Gasteiger partial charge < -0.3 is 24.8 Å². The van der Waals surface area contributed by atoms with Gasteiger partial charge in [-0.25, -0.2) is 5.43 Å². The predicted molar refractivity (Wildman–Crippen MR) is 136 cm³/mol. The lowest BCUT2D eigenvalue weighted by atomic mass is 10.2. The molecule has 0 radical (unpaired) electrons. The zero-order valence-electron chi connectivity index (χ0n) is 19.7. The third-order valence-electron chi connectivity index (χ3n) is 5.17. The van der Waals surface area contributed by atoms with Gasteiger partial charge in [0.2, 0.25) is 0 Å². The SMILES string of the molecule is COc1cc(/C=N\NC(=O)C(=O)NC[C@H]2CCCO2)cc(Cl)c1OCC(=O)Nc1cc(Cl)ccc1C. The Labute approximate surface area is 218 Å². The molecule has 3 rings (SSSR count). The molecule has 1 saturated heterocycles. The Balaban J connectivity index is 1.54. The van der Waals surface area contributed by atoms with Gasteiger partial charge in [-0.05, 0) is 55.2 Å². The number of halogens is 2. The maximum atomic E-state index is 12.3. The van der Waals surface area contributed by atoms with Crippen LogP contribution in [0.3, 0.4) is 0 Å². The molecule has 3 amide bonds. The standard InChI is InChI=1S/C24H26Cl2N4O6/c1-14-5-6-16(25)10-19(14)29-21(31)13-36-22-18(26)8-15(9-20(22)34-2)11-28-30-24(33)23(32)27-12-17-4-3-7-35-17/h5-6,8-11,17H,3-4,7,12-13H2,1-2H3,(H,27,32)(H,29,31)(H,30,33)/b28-11-/t17-/m1/s1. The average Bonchev–Trinajstić information content (AvgIpc) is 3.37. The van der Waals surface area contributed by atoms with Gasteiger partial charge in [-0.2, -0.15) is 5.10 Å². The summed E-state index contributed by atoms with van der Waals surface area (Å²) in [6.45, 7) is 2.43. The Hall–Kier alpha value is -3.34. The smallest absolute Gasteiger partial charge is 0.329 e. The van der Waals surface area contributed by atoms with E-state index in [4.69, 9.17) is 37.4 Å². The number of benzene rings is 2. The van der Waals surface area contributed by atoms with Crippen LogP contribution in [0.25, 0.3) is 0 Å². The highest BCUT2D eigenvalue weighted by Crippen LogP contribution is 2.36. The van der Waals surface area contributed by atoms with Crippen LogP contribution in [0.4, 0.5) is 5.69 Å². The monoisotopic (exact) mass is 536 g/mol. The first-order valence-corrected chi connectivity index (χ1v) is 11.8. The molecule has 2 aromatic rings. The maximum absolute atomic E-state index is 12.3. The van der Waals surface area contributed by atoms with E-state index in [2.05, 4.69) is 21.2 Å². The molecular formula is C24H26Cl2N4O6. The number of nitrogens with one attached hydrogen (secondary N) is 3. The number of hydrogen-bond donors (Lipinski definition) is 3. The molecule has 1 aliphatic rings. The van der Waals surface area contributed by atoms with E-state index in [1.807, 2.05) is 6.92 Å². The zero-order chi connectivity index (χ0) is 26.1. The van der Waals surface area contributed by atoms with Crippen LogP contribution in [0.2, 0.25) is 10.0 Å². The van der Waals surface area contributed by atoms with E-state index in [0.717, 1.165) is 18.4 Å². The van der Waals surface area contributed by atoms with Crippen molar-refractivity contribution in [3.63, 3.8) is 0 Å². The van der Waals surface area contributed by atoms with Gasteiger partial charge in [0.25, 0.3) is 5.91 Å². The first kappa shape index (κ1) is 27.3. The minimum atomic E-state index is -0.914. The zero-order valence-corrected chi connectivity index (χ0v) is 21.2. The predicted octanol–water partition coefficient (Wildman–Crippen LogP) is 3.07. The molecule has 2 aromatic carbocycles. The van der Waals surface area contributed by atoms with Gasteiger partial charge in [0.05, 0.1) is 24.5 Å². The van der Waals surface area contributed by atoms with Crippen LogP contribution < -0.4 is 25.5 Å². The van der Waals surface area contributed by atoms with Gasteiger partial charge in [0, 0.05) is 23.9 Å². The van der Waals surface area contributed by atoms with E-state index >= 15 is 0 Å². The van der Waals surface area contributed by atoms with E-state index < -0.39 is 17.7 Å². The largest absolute Gasteiger partial charge is 0.493 e. The highest BCUT2D eigenvalue weighted by Gasteiger charge is 2.19. The van der Waals surface area contributed by atoms with E-state index in [1.54, 1.807) is 24.3 Å². The fraction of sp³-hybridized carbons (Fsp3) is 0.333. The highest BCUT2D eigenvalue weighted by molar-refractivity contribution is 6.35. The summed E-state index contributed by atoms with van der Waals surface area (Å²) in [5.74, 6) is -1.73. The van der Waals surface area contributed by atoms with Crippen molar-refractivity contribution >= 4 is 52.8 Å². The molecule has 1 heterocycles. The third kappa shape index (κ3) is 7.84. The summed E-state index contributed by atoms with van der Waals surface area (Å²) in [4.78, 5) is 36.1. The Morgan fingerprint density at radius 3 is 2.72 bits per heavy atom. The lowest BCUT2D eigenvalue weighted by Crippen LogP contribution is -2.41. The summed E-state index contributed by atoms with van der Waals surface area (Å²) >= 11 is 12.3. The number of ether oxygens (including phenoxy) is 3. The molecule has 10 nitrogen and oxygen atoms in total. The van der Waals surface area contributed by atoms with Crippen LogP contribution in [-0.2, 0) is 19.1 Å². The first-order valence-electron chi connectivity index (χ1n) is 11.1. The van der Waals surface area contributed by atoms with Crippen LogP contribution >= 0.6 is 23.2 Å². The molecule has 36 heavy (non-hydrogen) atoms. The van der Waals surface area contributed by atoms with Gasteiger partial charge in [0.1, 0.15) is 0 Å². The molecule has 0 aromatic heterocycles. The highest BCUT2D eigenvalue weighted by atomic mass is 35.5. The quantitative estimate of drug-likeness (QED) is 0.256. The number of amides is 3. The van der Waals surface area contributed by atoms with Crippen molar-refractivity contribution in [1.82, 2.24) is 10.7 Å². The maximum Gasteiger partial charge on any atom is 0.329 e. The fourth-order valence-electron chi connectivity index (χ4n) is 3.32. The second-order valence-corrected chi connectivity index (χ2v) is 8.72. The molecule has 0 aliphatic carbocycles. The minimum Gasteiger partial charge on any atom is -0.493 e. The Morgan fingerprint density at radius 2 is 2.00 bits per heavy atom. The van der Waals surface area contributed by atoms with Gasteiger partial charge in [-0.15, -0.1) is 0 Å². The molecule has 1 fully saturated rings. The van der Waals surface area contributed by atoms with Crippen LogP contribution in [0.15, 0.2) is 35.4 Å². The Morgan fingerprint density at radius 1 is 1.19 bits per heavy atom. The summed E-state index contributed by atoms with van der Waals surface area (Å²) < 4.78 is 16.3. The minimum absolute atomic E-state index is 0.0763.